The minimum Gasteiger partial charge on any atom is -0.480 e. The van der Waals surface area contributed by atoms with Crippen molar-refractivity contribution in [3.05, 3.63) is 87.7 Å². The van der Waals surface area contributed by atoms with Gasteiger partial charge in [-0.3, -0.25) is 14.4 Å². The average Bonchev–Trinajstić information content (AvgIpc) is 3.52. The summed E-state index contributed by atoms with van der Waals surface area (Å²) in [7, 11) is 0. The van der Waals surface area contributed by atoms with Gasteiger partial charge in [0, 0.05) is 19.2 Å². The predicted octanol–water partition coefficient (Wildman–Crippen LogP) is 3.12. The number of carboxylic acid groups (broad SMARTS) is 1. The Morgan fingerprint density at radius 2 is 1.66 bits per heavy atom. The molecular weight excluding hydrogens is 501 g/mol. The molecule has 2 aromatic heterocycles. The largest absolute Gasteiger partial charge is 0.480 e. The molecule has 2 heterocycles. The van der Waals surface area contributed by atoms with Crippen LogP contribution in [-0.4, -0.2) is 41.4 Å². The smallest absolute Gasteiger partial charge is 0.328 e. The lowest BCUT2D eigenvalue weighted by atomic mass is 10.1. The second-order valence-electron chi connectivity index (χ2n) is 7.05. The van der Waals surface area contributed by atoms with E-state index < -0.39 is 36.3 Å². The lowest BCUT2D eigenvalue weighted by Crippen LogP contribution is -2.48. The van der Waals surface area contributed by atoms with E-state index in [1.54, 1.807) is 12.1 Å². The highest BCUT2D eigenvalue weighted by Gasteiger charge is 2.25. The molecule has 1 aromatic carbocycles. The second-order valence-corrected chi connectivity index (χ2v) is 7.87. The van der Waals surface area contributed by atoms with Gasteiger partial charge in [-0.1, -0.05) is 23.2 Å². The molecule has 0 unspecified atom stereocenters. The van der Waals surface area contributed by atoms with Crippen LogP contribution in [0.5, 0.6) is 0 Å². The second kappa shape index (κ2) is 11.9. The van der Waals surface area contributed by atoms with Crippen molar-refractivity contribution < 1.29 is 33.1 Å². The summed E-state index contributed by atoms with van der Waals surface area (Å²) >= 11 is 12.4. The van der Waals surface area contributed by atoms with Crippen LogP contribution in [0.4, 0.5) is 0 Å². The number of nitrogens with one attached hydrogen (secondary N) is 3. The number of aliphatic carboxylic acids is 1. The van der Waals surface area contributed by atoms with Crippen molar-refractivity contribution in [2.75, 3.05) is 6.54 Å². The number of hydrogen-bond acceptors (Lipinski definition) is 6. The van der Waals surface area contributed by atoms with Crippen molar-refractivity contribution in [2.24, 2.45) is 0 Å². The van der Waals surface area contributed by atoms with Crippen LogP contribution in [0.1, 0.15) is 32.2 Å². The van der Waals surface area contributed by atoms with Gasteiger partial charge in [-0.15, -0.1) is 0 Å². The minimum atomic E-state index is -1.46. The van der Waals surface area contributed by atoms with E-state index in [0.29, 0.717) is 11.3 Å². The summed E-state index contributed by atoms with van der Waals surface area (Å²) < 4.78 is 10.0. The third kappa shape index (κ3) is 7.23. The average molecular weight is 520 g/mol. The Morgan fingerprint density at radius 1 is 0.971 bits per heavy atom. The van der Waals surface area contributed by atoms with Crippen molar-refractivity contribution in [3.63, 3.8) is 0 Å². The van der Waals surface area contributed by atoms with Crippen LogP contribution < -0.4 is 16.0 Å². The number of rotatable bonds is 10. The summed E-state index contributed by atoms with van der Waals surface area (Å²) in [5.74, 6) is -2.76. The number of furan rings is 2. The molecule has 4 N–H and O–H groups in total. The summed E-state index contributed by atoms with van der Waals surface area (Å²) in [5.41, 5.74) is 0.363. The van der Waals surface area contributed by atoms with E-state index in [0.717, 1.165) is 0 Å². The van der Waals surface area contributed by atoms with E-state index in [1.807, 2.05) is 0 Å². The highest BCUT2D eigenvalue weighted by molar-refractivity contribution is 6.39. The molecule has 10 nitrogen and oxygen atoms in total. The lowest BCUT2D eigenvalue weighted by molar-refractivity contribution is -0.139. The summed E-state index contributed by atoms with van der Waals surface area (Å²) in [6, 6.07) is 7.67. The summed E-state index contributed by atoms with van der Waals surface area (Å²) in [6.45, 7) is -0.343. The first kappa shape index (κ1) is 25.6. The lowest BCUT2D eigenvalue weighted by Gasteiger charge is -2.16. The Labute approximate surface area is 208 Å². The van der Waals surface area contributed by atoms with Gasteiger partial charge < -0.3 is 29.9 Å². The summed E-state index contributed by atoms with van der Waals surface area (Å²) in [4.78, 5) is 48.2. The number of amides is 3. The molecule has 12 heteroatoms. The fourth-order valence-electron chi connectivity index (χ4n) is 2.86. The molecule has 35 heavy (non-hydrogen) atoms. The van der Waals surface area contributed by atoms with Gasteiger partial charge in [0.2, 0.25) is 5.91 Å². The molecule has 3 aromatic rings. The molecule has 1 atom stereocenters. The van der Waals surface area contributed by atoms with E-state index in [-0.39, 0.29) is 27.9 Å². The van der Waals surface area contributed by atoms with E-state index in [1.165, 1.54) is 48.9 Å². The topological polar surface area (TPSA) is 151 Å². The van der Waals surface area contributed by atoms with Crippen LogP contribution in [0, 0.1) is 0 Å². The molecule has 0 saturated heterocycles. The van der Waals surface area contributed by atoms with Crippen LogP contribution in [-0.2, 0) is 16.1 Å². The third-order valence-corrected chi connectivity index (χ3v) is 5.15. The predicted molar refractivity (Wildman–Crippen MR) is 126 cm³/mol. The quantitative estimate of drug-likeness (QED) is 0.300. The minimum absolute atomic E-state index is 0.00862. The Bertz CT molecular complexity index is 1220. The first-order chi connectivity index (χ1) is 16.7. The molecule has 0 saturated carbocycles. The fourth-order valence-corrected chi connectivity index (χ4v) is 3.56. The molecule has 0 spiro atoms. The SMILES string of the molecule is O=C(C=Cc1ccco1)NCc1cc(Cl)c(C(=O)N[C@@H](CNC(=O)c2ccco2)C(=O)O)c(Cl)c1. The van der Waals surface area contributed by atoms with Crippen LogP contribution in [0.15, 0.2) is 63.8 Å². The van der Waals surface area contributed by atoms with Gasteiger partial charge in [0.15, 0.2) is 5.76 Å². The molecule has 0 aliphatic rings. The first-order valence-corrected chi connectivity index (χ1v) is 10.8. The molecular formula is C23H19Cl2N3O7. The number of carbonyl (C=O) groups excluding carboxylic acids is 3. The maximum Gasteiger partial charge on any atom is 0.328 e. The van der Waals surface area contributed by atoms with Crippen molar-refractivity contribution in [2.45, 2.75) is 12.6 Å². The standard InChI is InChI=1S/C23H19Cl2N3O7/c24-15-9-13(11-26-19(29)6-5-14-3-1-7-34-14)10-16(25)20(15)22(31)28-17(23(32)33)12-27-21(30)18-4-2-8-35-18/h1-10,17H,11-12H2,(H,26,29)(H,27,30)(H,28,31)(H,32,33)/t17-/m0/s1. The van der Waals surface area contributed by atoms with Crippen LogP contribution in [0.25, 0.3) is 6.08 Å². The monoisotopic (exact) mass is 519 g/mol. The van der Waals surface area contributed by atoms with Crippen molar-refractivity contribution in [1.82, 2.24) is 16.0 Å². The van der Waals surface area contributed by atoms with E-state index in [9.17, 15) is 24.3 Å². The third-order valence-electron chi connectivity index (χ3n) is 4.55. The molecule has 3 amide bonds. The van der Waals surface area contributed by atoms with Crippen LogP contribution in [0.2, 0.25) is 10.0 Å². The van der Waals surface area contributed by atoms with Gasteiger partial charge in [0.1, 0.15) is 11.8 Å². The number of halogens is 2. The Kier molecular flexibility index (Phi) is 8.71. The van der Waals surface area contributed by atoms with Crippen LogP contribution in [0.3, 0.4) is 0 Å². The summed E-state index contributed by atoms with van der Waals surface area (Å²) in [5, 5.41) is 16.6. The van der Waals surface area contributed by atoms with Crippen molar-refractivity contribution >= 4 is 53.0 Å². The first-order valence-electron chi connectivity index (χ1n) is 10.1. The normalized spacial score (nSPS) is 11.7. The maximum absolute atomic E-state index is 12.7. The maximum atomic E-state index is 12.7. The van der Waals surface area contributed by atoms with Gasteiger partial charge in [-0.2, -0.15) is 0 Å². The Morgan fingerprint density at radius 3 is 2.26 bits per heavy atom. The zero-order valence-corrected chi connectivity index (χ0v) is 19.4. The number of carbonyl (C=O) groups is 4. The van der Waals surface area contributed by atoms with Crippen LogP contribution >= 0.6 is 23.2 Å². The van der Waals surface area contributed by atoms with Crippen molar-refractivity contribution in [1.29, 1.82) is 0 Å². The molecule has 0 fully saturated rings. The Balaban J connectivity index is 1.60. The Hall–Kier alpha value is -4.02. The molecule has 0 aliphatic carbocycles. The zero-order valence-electron chi connectivity index (χ0n) is 17.9. The number of hydrogen-bond donors (Lipinski definition) is 4. The molecule has 0 bridgehead atoms. The highest BCUT2D eigenvalue weighted by atomic mass is 35.5. The van der Waals surface area contributed by atoms with Gasteiger partial charge in [0.05, 0.1) is 28.1 Å². The molecule has 3 rings (SSSR count). The van der Waals surface area contributed by atoms with E-state index >= 15 is 0 Å². The van der Waals surface area contributed by atoms with Gasteiger partial charge in [0.25, 0.3) is 11.8 Å². The van der Waals surface area contributed by atoms with E-state index in [4.69, 9.17) is 32.0 Å². The van der Waals surface area contributed by atoms with Gasteiger partial charge in [-0.25, -0.2) is 4.79 Å². The van der Waals surface area contributed by atoms with Gasteiger partial charge in [-0.05, 0) is 48.0 Å². The highest BCUT2D eigenvalue weighted by Crippen LogP contribution is 2.27. The zero-order chi connectivity index (χ0) is 25.4. The summed E-state index contributed by atoms with van der Waals surface area (Å²) in [6.07, 6.45) is 5.57. The fraction of sp³-hybridized carbons (Fsp3) is 0.130. The number of benzene rings is 1. The number of carboxylic acids is 1. The molecule has 0 aliphatic heterocycles. The van der Waals surface area contributed by atoms with E-state index in [2.05, 4.69) is 16.0 Å². The molecule has 0 radical (unpaired) electrons. The van der Waals surface area contributed by atoms with Gasteiger partial charge >= 0.3 is 5.97 Å². The van der Waals surface area contributed by atoms with Crippen molar-refractivity contribution in [3.8, 4) is 0 Å². The molecule has 182 valence electrons.